The van der Waals surface area contributed by atoms with Crippen molar-refractivity contribution in [1.82, 2.24) is 9.78 Å². The van der Waals surface area contributed by atoms with E-state index >= 15 is 0 Å². The summed E-state index contributed by atoms with van der Waals surface area (Å²) in [5.41, 5.74) is 1.98. The summed E-state index contributed by atoms with van der Waals surface area (Å²) in [6.45, 7) is 4.06. The lowest BCUT2D eigenvalue weighted by Gasteiger charge is -2.07. The van der Waals surface area contributed by atoms with Gasteiger partial charge in [0.15, 0.2) is 9.84 Å². The number of aryl methyl sites for hydroxylation is 1. The Labute approximate surface area is 120 Å². The normalized spacial score (nSPS) is 11.9. The second-order valence-corrected chi connectivity index (χ2v) is 7.78. The minimum Gasteiger partial charge on any atom is -0.272 e. The molecule has 0 aliphatic heterocycles. The molecule has 0 saturated carbocycles. The van der Waals surface area contributed by atoms with E-state index in [-0.39, 0.29) is 11.0 Å². The van der Waals surface area contributed by atoms with Gasteiger partial charge in [0.1, 0.15) is 0 Å². The van der Waals surface area contributed by atoms with Crippen LogP contribution in [0.3, 0.4) is 0 Å². The maximum absolute atomic E-state index is 11.7. The highest BCUT2D eigenvalue weighted by Crippen LogP contribution is 2.16. The zero-order valence-electron chi connectivity index (χ0n) is 11.9. The molecule has 1 aromatic carbocycles. The van der Waals surface area contributed by atoms with Gasteiger partial charge < -0.3 is 0 Å². The first kappa shape index (κ1) is 14.8. The summed E-state index contributed by atoms with van der Waals surface area (Å²) in [6, 6.07) is 11.9. The Morgan fingerprint density at radius 3 is 2.50 bits per heavy atom. The molecule has 0 aliphatic carbocycles. The Balaban J connectivity index is 1.94. The summed E-state index contributed by atoms with van der Waals surface area (Å²) >= 11 is 0. The third-order valence-corrected chi connectivity index (χ3v) is 5.54. The van der Waals surface area contributed by atoms with Crippen molar-refractivity contribution in [2.45, 2.75) is 32.1 Å². The fraction of sp³-hybridized carbons (Fsp3) is 0.400. The van der Waals surface area contributed by atoms with Crippen LogP contribution >= 0.6 is 0 Å². The van der Waals surface area contributed by atoms with Crippen LogP contribution < -0.4 is 0 Å². The number of nitrogens with zero attached hydrogens (tertiary/aromatic N) is 2. The predicted molar refractivity (Wildman–Crippen MR) is 81.2 cm³/mol. The highest BCUT2D eigenvalue weighted by molar-refractivity contribution is 7.91. The largest absolute Gasteiger partial charge is 0.272 e. The van der Waals surface area contributed by atoms with Crippen LogP contribution in [0.1, 0.15) is 20.3 Å². The Morgan fingerprint density at radius 2 is 1.85 bits per heavy atom. The molecule has 0 radical (unpaired) electrons. The van der Waals surface area contributed by atoms with E-state index in [1.54, 1.807) is 18.5 Å². The summed E-state index contributed by atoms with van der Waals surface area (Å²) in [7, 11) is -2.95. The van der Waals surface area contributed by atoms with Crippen LogP contribution in [-0.4, -0.2) is 29.2 Å². The standard InChI is InChI=1S/C15H20N2O2S/c1-13(2)20(18,19)12-6-10-17-11-9-15(16-17)14-7-4-3-5-8-14/h3-5,7-9,11,13H,6,10,12H2,1-2H3. The molecule has 1 aromatic heterocycles. The van der Waals surface area contributed by atoms with Crippen molar-refractivity contribution >= 4 is 9.84 Å². The summed E-state index contributed by atoms with van der Waals surface area (Å²) in [5.74, 6) is 0.213. The van der Waals surface area contributed by atoms with Gasteiger partial charge in [-0.3, -0.25) is 4.68 Å². The monoisotopic (exact) mass is 292 g/mol. The van der Waals surface area contributed by atoms with E-state index in [9.17, 15) is 8.42 Å². The minimum atomic E-state index is -2.95. The molecule has 1 heterocycles. The molecule has 0 N–H and O–H groups in total. The van der Waals surface area contributed by atoms with Crippen molar-refractivity contribution in [1.29, 1.82) is 0 Å². The number of hydrogen-bond acceptors (Lipinski definition) is 3. The molecule has 0 atom stereocenters. The minimum absolute atomic E-state index is 0.213. The molecule has 0 saturated heterocycles. The van der Waals surface area contributed by atoms with Gasteiger partial charge in [-0.2, -0.15) is 5.10 Å². The van der Waals surface area contributed by atoms with Gasteiger partial charge >= 0.3 is 0 Å². The molecule has 0 spiro atoms. The average molecular weight is 292 g/mol. The molecule has 108 valence electrons. The smallest absolute Gasteiger partial charge is 0.152 e. The molecular weight excluding hydrogens is 272 g/mol. The van der Waals surface area contributed by atoms with Crippen LogP contribution in [0.2, 0.25) is 0 Å². The van der Waals surface area contributed by atoms with E-state index in [4.69, 9.17) is 0 Å². The van der Waals surface area contributed by atoms with Gasteiger partial charge in [0.05, 0.1) is 16.7 Å². The van der Waals surface area contributed by atoms with E-state index < -0.39 is 9.84 Å². The van der Waals surface area contributed by atoms with E-state index in [0.29, 0.717) is 13.0 Å². The average Bonchev–Trinajstić information content (AvgIpc) is 2.88. The second kappa shape index (κ2) is 6.22. The third-order valence-electron chi connectivity index (χ3n) is 3.24. The van der Waals surface area contributed by atoms with Crippen molar-refractivity contribution < 1.29 is 8.42 Å². The lowest BCUT2D eigenvalue weighted by Crippen LogP contribution is -2.18. The van der Waals surface area contributed by atoms with Crippen molar-refractivity contribution in [3.8, 4) is 11.3 Å². The SMILES string of the molecule is CC(C)S(=O)(=O)CCCn1ccc(-c2ccccc2)n1. The van der Waals surface area contributed by atoms with Crippen LogP contribution in [-0.2, 0) is 16.4 Å². The molecule has 2 rings (SSSR count). The number of sulfone groups is 1. The Hall–Kier alpha value is -1.62. The lowest BCUT2D eigenvalue weighted by atomic mass is 10.2. The number of hydrogen-bond donors (Lipinski definition) is 0. The quantitative estimate of drug-likeness (QED) is 0.822. The Bertz CT molecular complexity index is 646. The van der Waals surface area contributed by atoms with Crippen LogP contribution in [0.25, 0.3) is 11.3 Å². The van der Waals surface area contributed by atoms with Crippen LogP contribution in [0, 0.1) is 0 Å². The molecule has 0 aliphatic rings. The van der Waals surface area contributed by atoms with E-state index in [1.165, 1.54) is 0 Å². The first-order valence-corrected chi connectivity index (χ1v) is 8.51. The topological polar surface area (TPSA) is 52.0 Å². The summed E-state index contributed by atoms with van der Waals surface area (Å²) in [5, 5.41) is 4.16. The van der Waals surface area contributed by atoms with Crippen molar-refractivity contribution in [2.24, 2.45) is 0 Å². The molecule has 4 nitrogen and oxygen atoms in total. The zero-order valence-corrected chi connectivity index (χ0v) is 12.7. The van der Waals surface area contributed by atoms with Gasteiger partial charge in [0.2, 0.25) is 0 Å². The van der Waals surface area contributed by atoms with Crippen molar-refractivity contribution in [2.75, 3.05) is 5.75 Å². The first-order chi connectivity index (χ1) is 9.49. The molecule has 0 unspecified atom stereocenters. The van der Waals surface area contributed by atoms with Crippen LogP contribution in [0.15, 0.2) is 42.6 Å². The van der Waals surface area contributed by atoms with Crippen molar-refractivity contribution in [3.05, 3.63) is 42.6 Å². The molecule has 5 heteroatoms. The number of benzene rings is 1. The molecule has 2 aromatic rings. The molecular formula is C15H20N2O2S. The Morgan fingerprint density at radius 1 is 1.15 bits per heavy atom. The zero-order chi connectivity index (χ0) is 14.6. The maximum Gasteiger partial charge on any atom is 0.152 e. The molecule has 20 heavy (non-hydrogen) atoms. The summed E-state index contributed by atoms with van der Waals surface area (Å²) < 4.78 is 25.2. The molecule has 0 fully saturated rings. The predicted octanol–water partition coefficient (Wildman–Crippen LogP) is 2.76. The van der Waals surface area contributed by atoms with E-state index in [1.807, 2.05) is 42.6 Å². The highest BCUT2D eigenvalue weighted by Gasteiger charge is 2.15. The summed E-state index contributed by atoms with van der Waals surface area (Å²) in [4.78, 5) is 0. The van der Waals surface area contributed by atoms with Gasteiger partial charge in [-0.1, -0.05) is 30.3 Å². The number of aromatic nitrogens is 2. The molecule has 0 amide bonds. The fourth-order valence-corrected chi connectivity index (χ4v) is 2.92. The van der Waals surface area contributed by atoms with Gasteiger partial charge in [-0.15, -0.1) is 0 Å². The van der Waals surface area contributed by atoms with Crippen LogP contribution in [0.5, 0.6) is 0 Å². The van der Waals surface area contributed by atoms with Gasteiger partial charge in [-0.05, 0) is 26.3 Å². The van der Waals surface area contributed by atoms with Gasteiger partial charge in [-0.25, -0.2) is 8.42 Å². The second-order valence-electron chi connectivity index (χ2n) is 5.10. The van der Waals surface area contributed by atoms with E-state index in [2.05, 4.69) is 5.10 Å². The van der Waals surface area contributed by atoms with Crippen LogP contribution in [0.4, 0.5) is 0 Å². The van der Waals surface area contributed by atoms with E-state index in [0.717, 1.165) is 11.3 Å². The molecule has 0 bridgehead atoms. The maximum atomic E-state index is 11.7. The third kappa shape index (κ3) is 3.70. The van der Waals surface area contributed by atoms with Gasteiger partial charge in [0, 0.05) is 18.3 Å². The Kier molecular flexibility index (Phi) is 4.60. The highest BCUT2D eigenvalue weighted by atomic mass is 32.2. The first-order valence-electron chi connectivity index (χ1n) is 6.79. The number of rotatable bonds is 6. The van der Waals surface area contributed by atoms with Crippen molar-refractivity contribution in [3.63, 3.8) is 0 Å². The lowest BCUT2D eigenvalue weighted by molar-refractivity contribution is 0.567. The fourth-order valence-electron chi connectivity index (χ4n) is 1.91. The van der Waals surface area contributed by atoms with Gasteiger partial charge in [0.25, 0.3) is 0 Å². The summed E-state index contributed by atoms with van der Waals surface area (Å²) in [6.07, 6.45) is 2.49.